The molecule has 92 valence electrons. The van der Waals surface area contributed by atoms with Gasteiger partial charge in [0.1, 0.15) is 0 Å². The maximum absolute atomic E-state index is 8.89. The van der Waals surface area contributed by atoms with Crippen LogP contribution in [0.15, 0.2) is 31.1 Å². The first-order valence-electron chi connectivity index (χ1n) is 3.36. The van der Waals surface area contributed by atoms with Crippen LogP contribution in [0.3, 0.4) is 0 Å². The molecule has 0 unspecified atom stereocenters. The van der Waals surface area contributed by atoms with Crippen molar-refractivity contribution >= 4 is 61.2 Å². The SMILES string of the molecule is C=Cc1ccncc1.O=I(=O)Cl.O=I(=O)Cl. The van der Waals surface area contributed by atoms with E-state index in [1.165, 1.54) is 0 Å². The first-order valence-corrected chi connectivity index (χ1v) is 12.3. The Kier molecular flexibility index (Phi) is 15.3. The van der Waals surface area contributed by atoms with Crippen LogP contribution in [0.2, 0.25) is 0 Å². The molecule has 0 N–H and O–H groups in total. The molecule has 1 aromatic rings. The van der Waals surface area contributed by atoms with Gasteiger partial charge in [0, 0.05) is 30.2 Å². The molecule has 0 saturated carbocycles. The number of hydrogen-bond donors (Lipinski definition) is 0. The van der Waals surface area contributed by atoms with Crippen molar-refractivity contribution in [1.82, 2.24) is 4.98 Å². The van der Waals surface area contributed by atoms with Crippen LogP contribution in [0.4, 0.5) is 0 Å². The molecule has 0 aromatic carbocycles. The predicted molar refractivity (Wildman–Crippen MR) is 76.8 cm³/mol. The van der Waals surface area contributed by atoms with Crippen molar-refractivity contribution in [3.63, 3.8) is 0 Å². The van der Waals surface area contributed by atoms with Crippen LogP contribution in [0.1, 0.15) is 5.56 Å². The van der Waals surface area contributed by atoms with Gasteiger partial charge in [-0.2, -0.15) is 0 Å². The summed E-state index contributed by atoms with van der Waals surface area (Å²) in [4.78, 5) is 3.85. The van der Waals surface area contributed by atoms with Crippen LogP contribution in [0.25, 0.3) is 6.08 Å². The Bertz CT molecular complexity index is 395. The Balaban J connectivity index is 0. The Morgan fingerprint density at radius 3 is 1.56 bits per heavy atom. The molecule has 0 aliphatic carbocycles. The summed E-state index contributed by atoms with van der Waals surface area (Å²) in [5.41, 5.74) is 1.11. The normalized spacial score (nSPS) is 8.50. The first-order chi connectivity index (χ1) is 7.40. The molecule has 0 atom stereocenters. The lowest BCUT2D eigenvalue weighted by Gasteiger charge is -1.84. The smallest absolute Gasteiger partial charge is 0.265 e. The molecule has 9 heteroatoms. The molecule has 16 heavy (non-hydrogen) atoms. The second kappa shape index (κ2) is 13.2. The maximum Gasteiger partial charge on any atom is 0.409 e. The summed E-state index contributed by atoms with van der Waals surface area (Å²) in [6.45, 7) is 3.60. The molecule has 0 saturated heterocycles. The van der Waals surface area contributed by atoms with E-state index in [2.05, 4.69) is 29.4 Å². The Hall–Kier alpha value is 0.130. The zero-order valence-electron chi connectivity index (χ0n) is 7.69. The molecule has 0 bridgehead atoms. The summed E-state index contributed by atoms with van der Waals surface area (Å²) in [5.74, 6) is 0. The summed E-state index contributed by atoms with van der Waals surface area (Å²) < 4.78 is 35.6. The maximum atomic E-state index is 8.89. The van der Waals surface area contributed by atoms with Gasteiger partial charge in [-0.25, -0.2) is 12.3 Å². The highest BCUT2D eigenvalue weighted by atomic mass is 127. The van der Waals surface area contributed by atoms with Gasteiger partial charge in [0.2, 0.25) is 0 Å². The molecule has 0 aliphatic rings. The lowest BCUT2D eigenvalue weighted by molar-refractivity contribution is 0.610. The van der Waals surface area contributed by atoms with Gasteiger partial charge >= 0.3 is 37.3 Å². The molecule has 1 aromatic heterocycles. The van der Waals surface area contributed by atoms with Crippen molar-refractivity contribution in [2.75, 3.05) is 0 Å². The van der Waals surface area contributed by atoms with Crippen LogP contribution >= 0.6 is 55.1 Å². The number of pyridine rings is 1. The average Bonchev–Trinajstić information content (AvgIpc) is 2.17. The molecule has 0 radical (unpaired) electrons. The fourth-order valence-corrected chi connectivity index (χ4v) is 0.500. The highest BCUT2D eigenvalue weighted by Crippen LogP contribution is 2.07. The highest BCUT2D eigenvalue weighted by Gasteiger charge is 1.76. The molecule has 1 rings (SSSR count). The topological polar surface area (TPSA) is 81.2 Å². The van der Waals surface area contributed by atoms with Crippen molar-refractivity contribution in [3.05, 3.63) is 36.7 Å². The van der Waals surface area contributed by atoms with E-state index in [1.54, 1.807) is 18.5 Å². The van der Waals surface area contributed by atoms with E-state index < -0.39 is 37.3 Å². The monoisotopic (exact) mass is 493 g/mol. The molecule has 0 amide bonds. The van der Waals surface area contributed by atoms with Crippen LogP contribution in [-0.4, -0.2) is 4.98 Å². The van der Waals surface area contributed by atoms with E-state index in [1.807, 2.05) is 12.1 Å². The minimum Gasteiger partial charge on any atom is -0.265 e. The largest absolute Gasteiger partial charge is 0.409 e. The molecule has 5 nitrogen and oxygen atoms in total. The van der Waals surface area contributed by atoms with E-state index in [-0.39, 0.29) is 0 Å². The van der Waals surface area contributed by atoms with Crippen LogP contribution in [-0.2, 0) is 12.3 Å². The van der Waals surface area contributed by atoms with Crippen LogP contribution < -0.4 is 0 Å². The van der Waals surface area contributed by atoms with E-state index in [0.29, 0.717) is 0 Å². The zero-order valence-corrected chi connectivity index (χ0v) is 13.5. The first kappa shape index (κ1) is 18.5. The molecule has 0 aliphatic heterocycles. The third-order valence-electron chi connectivity index (χ3n) is 0.942. The van der Waals surface area contributed by atoms with Crippen LogP contribution in [0.5, 0.6) is 0 Å². The molecular formula is C7H7Cl2I2NO4. The predicted octanol–water partition coefficient (Wildman–Crippen LogP) is 4.40. The third kappa shape index (κ3) is 23.7. The van der Waals surface area contributed by atoms with Gasteiger partial charge in [-0.3, -0.25) is 4.98 Å². The van der Waals surface area contributed by atoms with Crippen molar-refractivity contribution in [2.24, 2.45) is 0 Å². The number of nitrogens with zero attached hydrogens (tertiary/aromatic N) is 1. The van der Waals surface area contributed by atoms with Gasteiger partial charge in [0.05, 0.1) is 0 Å². The summed E-state index contributed by atoms with van der Waals surface area (Å²) in [6.07, 6.45) is 5.29. The fourth-order valence-electron chi connectivity index (χ4n) is 0.500. The second-order valence-electron chi connectivity index (χ2n) is 1.84. The van der Waals surface area contributed by atoms with Gasteiger partial charge in [0.25, 0.3) is 0 Å². The standard InChI is InChI=1S/C7H7N.2ClIO2/c1-2-7-3-5-8-6-4-7;2*1-2(3)4/h2-6H,1H2;;. The Morgan fingerprint density at radius 1 is 1.06 bits per heavy atom. The Labute approximate surface area is 114 Å². The molecule has 1 heterocycles. The molecule has 0 fully saturated rings. The lowest BCUT2D eigenvalue weighted by Crippen LogP contribution is -1.69. The lowest BCUT2D eigenvalue weighted by atomic mass is 10.3. The van der Waals surface area contributed by atoms with Crippen molar-refractivity contribution < 1.29 is 12.3 Å². The van der Waals surface area contributed by atoms with E-state index >= 15 is 0 Å². The summed E-state index contributed by atoms with van der Waals surface area (Å²) >= 11 is -6.58. The van der Waals surface area contributed by atoms with E-state index in [0.717, 1.165) is 5.56 Å². The van der Waals surface area contributed by atoms with Crippen molar-refractivity contribution in [3.8, 4) is 0 Å². The Morgan fingerprint density at radius 2 is 1.38 bits per heavy atom. The van der Waals surface area contributed by atoms with E-state index in [4.69, 9.17) is 12.3 Å². The average molecular weight is 494 g/mol. The summed E-state index contributed by atoms with van der Waals surface area (Å²) in [5, 5.41) is 0. The van der Waals surface area contributed by atoms with Crippen LogP contribution in [0, 0.1) is 0 Å². The van der Waals surface area contributed by atoms with E-state index in [9.17, 15) is 0 Å². The summed E-state index contributed by atoms with van der Waals surface area (Å²) in [7, 11) is 8.64. The van der Waals surface area contributed by atoms with Gasteiger partial charge in [-0.1, -0.05) is 12.7 Å². The van der Waals surface area contributed by atoms with Gasteiger partial charge in [-0.05, 0) is 17.7 Å². The van der Waals surface area contributed by atoms with Gasteiger partial charge < -0.3 is 0 Å². The van der Waals surface area contributed by atoms with Gasteiger partial charge in [-0.15, -0.1) is 0 Å². The minimum atomic E-state index is -3.29. The third-order valence-corrected chi connectivity index (χ3v) is 0.942. The summed E-state index contributed by atoms with van der Waals surface area (Å²) in [6, 6.07) is 3.82. The zero-order chi connectivity index (χ0) is 13.0. The molecular weight excluding hydrogens is 487 g/mol. The molecule has 0 spiro atoms. The van der Waals surface area contributed by atoms with Gasteiger partial charge in [0.15, 0.2) is 0 Å². The fraction of sp³-hybridized carbons (Fsp3) is 0. The second-order valence-corrected chi connectivity index (χ2v) is 7.02. The number of hydrogen-bond acceptors (Lipinski definition) is 5. The number of aromatic nitrogens is 1. The van der Waals surface area contributed by atoms with Crippen molar-refractivity contribution in [1.29, 1.82) is 0 Å². The highest BCUT2D eigenvalue weighted by molar-refractivity contribution is 14.2. The quantitative estimate of drug-likeness (QED) is 0.542. The number of halogens is 4. The minimum absolute atomic E-state index is 1.11. The number of rotatable bonds is 1. The van der Waals surface area contributed by atoms with Crippen molar-refractivity contribution in [2.45, 2.75) is 0 Å².